The van der Waals surface area contributed by atoms with Gasteiger partial charge in [0.2, 0.25) is 5.95 Å². The zero-order valence-corrected chi connectivity index (χ0v) is 11.0. The van der Waals surface area contributed by atoms with Crippen LogP contribution in [-0.4, -0.2) is 17.1 Å². The Morgan fingerprint density at radius 2 is 1.70 bits per heavy atom. The van der Waals surface area contributed by atoms with Gasteiger partial charge in [-0.3, -0.25) is 0 Å². The van der Waals surface area contributed by atoms with Crippen molar-refractivity contribution >= 4 is 22.5 Å². The van der Waals surface area contributed by atoms with Gasteiger partial charge in [-0.25, -0.2) is 4.98 Å². The third kappa shape index (κ3) is 1.99. The Kier molecular flexibility index (Phi) is 2.87. The Balaban J connectivity index is 2.31. The number of aromatic nitrogens is 2. The lowest BCUT2D eigenvalue weighted by Crippen LogP contribution is -2.00. The van der Waals surface area contributed by atoms with Crippen LogP contribution in [0.5, 0.6) is 5.75 Å². The average Bonchev–Trinajstić information content (AvgIpc) is 2.45. The summed E-state index contributed by atoms with van der Waals surface area (Å²) >= 11 is 0. The van der Waals surface area contributed by atoms with Gasteiger partial charge in [0.15, 0.2) is 0 Å². The molecule has 1 aromatic heterocycles. The zero-order valence-electron chi connectivity index (χ0n) is 11.0. The normalized spacial score (nSPS) is 10.7. The number of ether oxygens (including phenoxy) is 1. The lowest BCUT2D eigenvalue weighted by molar-refractivity contribution is 0.420. The molecule has 0 spiro atoms. The van der Waals surface area contributed by atoms with E-state index in [0.29, 0.717) is 11.5 Å². The summed E-state index contributed by atoms with van der Waals surface area (Å²) in [6, 6.07) is 13.5. The molecule has 3 aromatic rings. The summed E-state index contributed by atoms with van der Waals surface area (Å²) < 4.78 is 5.38. The molecule has 5 heteroatoms. The molecule has 1 heterocycles. The standard InChI is InChI=1S/C15H14N4O/c1-20-13-7-6-10(9-4-2-3-5-11(9)13)12-8-14(16)19-15(17)18-12/h2-8H,1H3,(H4,16,17,18,19). The van der Waals surface area contributed by atoms with Gasteiger partial charge in [0, 0.05) is 17.0 Å². The van der Waals surface area contributed by atoms with Crippen LogP contribution < -0.4 is 16.2 Å². The minimum Gasteiger partial charge on any atom is -0.496 e. The summed E-state index contributed by atoms with van der Waals surface area (Å²) in [6.45, 7) is 0. The number of benzene rings is 2. The summed E-state index contributed by atoms with van der Waals surface area (Å²) in [5.41, 5.74) is 13.1. The zero-order chi connectivity index (χ0) is 14.1. The van der Waals surface area contributed by atoms with Gasteiger partial charge in [0.05, 0.1) is 12.8 Å². The fourth-order valence-electron chi connectivity index (χ4n) is 2.30. The van der Waals surface area contributed by atoms with Gasteiger partial charge < -0.3 is 16.2 Å². The second-order valence-electron chi connectivity index (χ2n) is 4.40. The molecule has 0 radical (unpaired) electrons. The van der Waals surface area contributed by atoms with E-state index in [9.17, 15) is 0 Å². The van der Waals surface area contributed by atoms with Crippen LogP contribution in [0.2, 0.25) is 0 Å². The van der Waals surface area contributed by atoms with Crippen LogP contribution in [0.25, 0.3) is 22.0 Å². The molecule has 0 aliphatic carbocycles. The van der Waals surface area contributed by atoms with Gasteiger partial charge in [-0.05, 0) is 17.5 Å². The van der Waals surface area contributed by atoms with Crippen molar-refractivity contribution < 1.29 is 4.74 Å². The molecule has 0 fully saturated rings. The highest BCUT2D eigenvalue weighted by Crippen LogP contribution is 2.33. The summed E-state index contributed by atoms with van der Waals surface area (Å²) in [4.78, 5) is 8.15. The molecule has 0 unspecified atom stereocenters. The van der Waals surface area contributed by atoms with Crippen LogP contribution in [0, 0.1) is 0 Å². The molecule has 2 aromatic carbocycles. The molecular weight excluding hydrogens is 252 g/mol. The number of methoxy groups -OCH3 is 1. The molecule has 5 nitrogen and oxygen atoms in total. The van der Waals surface area contributed by atoms with Crippen molar-refractivity contribution in [3.05, 3.63) is 42.5 Å². The smallest absolute Gasteiger partial charge is 0.222 e. The fourth-order valence-corrected chi connectivity index (χ4v) is 2.30. The number of nitrogens with zero attached hydrogens (tertiary/aromatic N) is 2. The Hall–Kier alpha value is -2.82. The van der Waals surface area contributed by atoms with E-state index in [2.05, 4.69) is 9.97 Å². The highest BCUT2D eigenvalue weighted by atomic mass is 16.5. The number of hydrogen-bond donors (Lipinski definition) is 2. The van der Waals surface area contributed by atoms with Crippen molar-refractivity contribution in [2.45, 2.75) is 0 Å². The van der Waals surface area contributed by atoms with Crippen molar-refractivity contribution in [3.8, 4) is 17.0 Å². The third-order valence-corrected chi connectivity index (χ3v) is 3.14. The Labute approximate surface area is 116 Å². The van der Waals surface area contributed by atoms with Crippen molar-refractivity contribution in [2.24, 2.45) is 0 Å². The van der Waals surface area contributed by atoms with E-state index >= 15 is 0 Å². The molecule has 0 aliphatic heterocycles. The molecule has 3 rings (SSSR count). The van der Waals surface area contributed by atoms with Crippen LogP contribution in [0.4, 0.5) is 11.8 Å². The monoisotopic (exact) mass is 266 g/mol. The topological polar surface area (TPSA) is 87.0 Å². The molecule has 0 aliphatic rings. The maximum Gasteiger partial charge on any atom is 0.222 e. The molecule has 0 saturated carbocycles. The predicted molar refractivity (Wildman–Crippen MR) is 80.4 cm³/mol. The number of nitrogens with two attached hydrogens (primary N) is 2. The molecule has 20 heavy (non-hydrogen) atoms. The van der Waals surface area contributed by atoms with E-state index in [1.54, 1.807) is 13.2 Å². The van der Waals surface area contributed by atoms with Gasteiger partial charge in [0.1, 0.15) is 11.6 Å². The number of hydrogen-bond acceptors (Lipinski definition) is 5. The summed E-state index contributed by atoms with van der Waals surface area (Å²) in [5, 5.41) is 2.05. The quantitative estimate of drug-likeness (QED) is 0.744. The van der Waals surface area contributed by atoms with Gasteiger partial charge in [-0.2, -0.15) is 4.98 Å². The van der Waals surface area contributed by atoms with Crippen LogP contribution in [0.15, 0.2) is 42.5 Å². The minimum atomic E-state index is 0.167. The van der Waals surface area contributed by atoms with Crippen molar-refractivity contribution in [2.75, 3.05) is 18.6 Å². The molecule has 4 N–H and O–H groups in total. The van der Waals surface area contributed by atoms with Gasteiger partial charge >= 0.3 is 0 Å². The van der Waals surface area contributed by atoms with Crippen molar-refractivity contribution in [3.63, 3.8) is 0 Å². The van der Waals surface area contributed by atoms with Crippen LogP contribution in [-0.2, 0) is 0 Å². The van der Waals surface area contributed by atoms with E-state index in [1.807, 2.05) is 36.4 Å². The molecule has 0 bridgehead atoms. The molecular formula is C15H14N4O. The first-order valence-corrected chi connectivity index (χ1v) is 6.15. The largest absolute Gasteiger partial charge is 0.496 e. The lowest BCUT2D eigenvalue weighted by Gasteiger charge is -2.10. The Morgan fingerprint density at radius 1 is 0.950 bits per heavy atom. The van der Waals surface area contributed by atoms with Crippen LogP contribution in [0.3, 0.4) is 0 Å². The molecule has 0 atom stereocenters. The average molecular weight is 266 g/mol. The van der Waals surface area contributed by atoms with Crippen LogP contribution >= 0.6 is 0 Å². The van der Waals surface area contributed by atoms with E-state index in [-0.39, 0.29) is 5.95 Å². The first kappa shape index (κ1) is 12.2. The number of rotatable bonds is 2. The van der Waals surface area contributed by atoms with E-state index in [1.165, 1.54) is 0 Å². The lowest BCUT2D eigenvalue weighted by atomic mass is 10.0. The van der Waals surface area contributed by atoms with Gasteiger partial charge in [0.25, 0.3) is 0 Å². The van der Waals surface area contributed by atoms with Crippen molar-refractivity contribution in [1.82, 2.24) is 9.97 Å². The predicted octanol–water partition coefficient (Wildman–Crippen LogP) is 2.47. The van der Waals surface area contributed by atoms with E-state index < -0.39 is 0 Å². The van der Waals surface area contributed by atoms with Gasteiger partial charge in [-0.1, -0.05) is 24.3 Å². The van der Waals surface area contributed by atoms with Gasteiger partial charge in [-0.15, -0.1) is 0 Å². The summed E-state index contributed by atoms with van der Waals surface area (Å²) in [5.74, 6) is 1.34. The SMILES string of the molecule is COc1ccc(-c2cc(N)nc(N)n2)c2ccccc12. The minimum absolute atomic E-state index is 0.167. The number of fused-ring (bicyclic) bond motifs is 1. The first-order chi connectivity index (χ1) is 9.69. The maximum absolute atomic E-state index is 5.74. The number of nitrogen functional groups attached to an aromatic ring is 2. The molecule has 0 amide bonds. The number of anilines is 2. The van der Waals surface area contributed by atoms with Crippen molar-refractivity contribution in [1.29, 1.82) is 0 Å². The summed E-state index contributed by atoms with van der Waals surface area (Å²) in [7, 11) is 1.65. The highest BCUT2D eigenvalue weighted by Gasteiger charge is 2.10. The van der Waals surface area contributed by atoms with E-state index in [4.69, 9.17) is 16.2 Å². The Bertz CT molecular complexity index is 766. The van der Waals surface area contributed by atoms with Crippen LogP contribution in [0.1, 0.15) is 0 Å². The molecule has 0 saturated heterocycles. The summed E-state index contributed by atoms with van der Waals surface area (Å²) in [6.07, 6.45) is 0. The second-order valence-corrected chi connectivity index (χ2v) is 4.40. The first-order valence-electron chi connectivity index (χ1n) is 6.15. The third-order valence-electron chi connectivity index (χ3n) is 3.14. The molecule has 100 valence electrons. The highest BCUT2D eigenvalue weighted by molar-refractivity contribution is 5.99. The second kappa shape index (κ2) is 4.70. The fraction of sp³-hybridized carbons (Fsp3) is 0.0667. The van der Waals surface area contributed by atoms with E-state index in [0.717, 1.165) is 22.1 Å². The maximum atomic E-state index is 5.74. The Morgan fingerprint density at radius 3 is 2.40 bits per heavy atom.